The van der Waals surface area contributed by atoms with E-state index in [0.717, 1.165) is 58.0 Å². The Kier molecular flexibility index (Phi) is 3.47. The summed E-state index contributed by atoms with van der Waals surface area (Å²) in [5.74, 6) is 1.69. The van der Waals surface area contributed by atoms with Crippen molar-refractivity contribution >= 4 is 11.6 Å². The van der Waals surface area contributed by atoms with Crippen molar-refractivity contribution in [2.24, 2.45) is 17.3 Å². The van der Waals surface area contributed by atoms with Gasteiger partial charge in [-0.25, -0.2) is 0 Å². The SMILES string of the molecule is O=C(N1CCCC1)C12CC3CC(C1)CC(c1ccc([N+](=O)[O-])cc1)(C3)C2. The summed E-state index contributed by atoms with van der Waals surface area (Å²) in [6.07, 6.45) is 8.92. The summed E-state index contributed by atoms with van der Waals surface area (Å²) < 4.78 is 0. The topological polar surface area (TPSA) is 63.5 Å². The molecule has 1 aromatic carbocycles. The van der Waals surface area contributed by atoms with Gasteiger partial charge in [0, 0.05) is 25.2 Å². The molecule has 138 valence electrons. The van der Waals surface area contributed by atoms with Crippen LogP contribution in [0.5, 0.6) is 0 Å². The smallest absolute Gasteiger partial charge is 0.269 e. The highest BCUT2D eigenvalue weighted by atomic mass is 16.6. The number of carbonyl (C=O) groups excluding carboxylic acids is 1. The predicted octanol–water partition coefficient (Wildman–Crippen LogP) is 4.06. The van der Waals surface area contributed by atoms with Crippen LogP contribution in [0.25, 0.3) is 0 Å². The molecule has 0 radical (unpaired) electrons. The van der Waals surface area contributed by atoms with Crippen molar-refractivity contribution in [3.05, 3.63) is 39.9 Å². The van der Waals surface area contributed by atoms with Gasteiger partial charge in [-0.2, -0.15) is 0 Å². The molecule has 1 saturated heterocycles. The monoisotopic (exact) mass is 354 g/mol. The fourth-order valence-corrected chi connectivity index (χ4v) is 7.04. The van der Waals surface area contributed by atoms with E-state index in [1.807, 2.05) is 12.1 Å². The molecule has 5 heteroatoms. The zero-order chi connectivity index (χ0) is 17.9. The Morgan fingerprint density at radius 3 is 2.23 bits per heavy atom. The van der Waals surface area contributed by atoms with E-state index in [2.05, 4.69) is 4.90 Å². The summed E-state index contributed by atoms with van der Waals surface area (Å²) in [4.78, 5) is 26.2. The third kappa shape index (κ3) is 2.32. The lowest BCUT2D eigenvalue weighted by Crippen LogP contribution is -2.59. The van der Waals surface area contributed by atoms with Crippen molar-refractivity contribution in [2.75, 3.05) is 13.1 Å². The number of amides is 1. The highest BCUT2D eigenvalue weighted by Crippen LogP contribution is 2.66. The second-order valence-corrected chi connectivity index (χ2v) is 9.32. The fraction of sp³-hybridized carbons (Fsp3) is 0.667. The van der Waals surface area contributed by atoms with Crippen LogP contribution in [0, 0.1) is 27.4 Å². The summed E-state index contributed by atoms with van der Waals surface area (Å²) in [7, 11) is 0. The third-order valence-electron chi connectivity index (χ3n) is 7.60. The number of rotatable bonds is 3. The molecule has 5 aliphatic rings. The molecule has 0 aromatic heterocycles. The van der Waals surface area contributed by atoms with Gasteiger partial charge in [-0.05, 0) is 74.2 Å². The minimum Gasteiger partial charge on any atom is -0.342 e. The van der Waals surface area contributed by atoms with E-state index >= 15 is 0 Å². The van der Waals surface area contributed by atoms with Gasteiger partial charge in [0.05, 0.1) is 10.3 Å². The molecule has 5 nitrogen and oxygen atoms in total. The number of hydrogen-bond donors (Lipinski definition) is 0. The number of carbonyl (C=O) groups is 1. The van der Waals surface area contributed by atoms with Gasteiger partial charge >= 0.3 is 0 Å². The largest absolute Gasteiger partial charge is 0.342 e. The van der Waals surface area contributed by atoms with Crippen LogP contribution < -0.4 is 0 Å². The first-order valence-corrected chi connectivity index (χ1v) is 10.0. The van der Waals surface area contributed by atoms with Crippen LogP contribution in [0.1, 0.15) is 56.9 Å². The lowest BCUT2D eigenvalue weighted by atomic mass is 9.42. The Balaban J connectivity index is 1.50. The zero-order valence-corrected chi connectivity index (χ0v) is 15.2. The minimum absolute atomic E-state index is 0.0502. The van der Waals surface area contributed by atoms with Gasteiger partial charge in [0.1, 0.15) is 0 Å². The first kappa shape index (κ1) is 16.3. The molecule has 6 rings (SSSR count). The van der Waals surface area contributed by atoms with Crippen LogP contribution in [0.15, 0.2) is 24.3 Å². The maximum atomic E-state index is 13.5. The molecule has 2 unspecified atom stereocenters. The van der Waals surface area contributed by atoms with E-state index in [-0.39, 0.29) is 21.4 Å². The Morgan fingerprint density at radius 1 is 1.04 bits per heavy atom. The lowest BCUT2D eigenvalue weighted by molar-refractivity contribution is -0.384. The van der Waals surface area contributed by atoms with E-state index in [1.165, 1.54) is 12.0 Å². The maximum absolute atomic E-state index is 13.5. The average Bonchev–Trinajstić information content (AvgIpc) is 3.14. The van der Waals surface area contributed by atoms with Crippen LogP contribution in [-0.2, 0) is 10.2 Å². The third-order valence-corrected chi connectivity index (χ3v) is 7.60. The van der Waals surface area contributed by atoms with Crippen molar-refractivity contribution in [1.82, 2.24) is 4.90 Å². The second kappa shape index (κ2) is 5.54. The van der Waals surface area contributed by atoms with Gasteiger partial charge in [0.2, 0.25) is 5.91 Å². The van der Waals surface area contributed by atoms with Crippen LogP contribution in [0.4, 0.5) is 5.69 Å². The molecule has 1 aliphatic heterocycles. The minimum atomic E-state index is -0.331. The molecule has 1 heterocycles. The summed E-state index contributed by atoms with van der Waals surface area (Å²) in [5, 5.41) is 11.0. The molecular weight excluding hydrogens is 328 g/mol. The van der Waals surface area contributed by atoms with E-state index < -0.39 is 0 Å². The lowest BCUT2D eigenvalue weighted by Gasteiger charge is -2.62. The van der Waals surface area contributed by atoms with Crippen molar-refractivity contribution in [1.29, 1.82) is 0 Å². The molecule has 4 bridgehead atoms. The van der Waals surface area contributed by atoms with Crippen LogP contribution in [-0.4, -0.2) is 28.8 Å². The van der Waals surface area contributed by atoms with Crippen molar-refractivity contribution in [3.8, 4) is 0 Å². The van der Waals surface area contributed by atoms with Crippen molar-refractivity contribution in [3.63, 3.8) is 0 Å². The van der Waals surface area contributed by atoms with Crippen LogP contribution >= 0.6 is 0 Å². The first-order valence-electron chi connectivity index (χ1n) is 10.0. The number of nitro benzene ring substituents is 1. The Labute approximate surface area is 153 Å². The van der Waals surface area contributed by atoms with E-state index in [0.29, 0.717) is 17.7 Å². The Hall–Kier alpha value is -1.91. The number of nitrogens with zero attached hydrogens (tertiary/aromatic N) is 2. The van der Waals surface area contributed by atoms with Crippen molar-refractivity contribution < 1.29 is 9.72 Å². The van der Waals surface area contributed by atoms with Crippen LogP contribution in [0.2, 0.25) is 0 Å². The maximum Gasteiger partial charge on any atom is 0.269 e. The molecule has 1 aromatic rings. The quantitative estimate of drug-likeness (QED) is 0.607. The fourth-order valence-electron chi connectivity index (χ4n) is 7.04. The highest BCUT2D eigenvalue weighted by molar-refractivity contribution is 5.84. The van der Waals surface area contributed by atoms with Gasteiger partial charge in [-0.1, -0.05) is 12.1 Å². The van der Waals surface area contributed by atoms with Crippen LogP contribution in [0.3, 0.4) is 0 Å². The molecule has 4 aliphatic carbocycles. The predicted molar refractivity (Wildman–Crippen MR) is 97.7 cm³/mol. The normalized spacial score (nSPS) is 37.9. The van der Waals surface area contributed by atoms with Gasteiger partial charge in [0.25, 0.3) is 5.69 Å². The highest BCUT2D eigenvalue weighted by Gasteiger charge is 2.61. The summed E-state index contributed by atoms with van der Waals surface area (Å²) in [6.45, 7) is 1.86. The standard InChI is InChI=1S/C21H26N2O3/c24-19(22-7-1-2-8-22)21-12-15-9-16(13-21)11-20(10-15,14-21)17-3-5-18(6-4-17)23(25)26/h3-6,15-16H,1-2,7-14H2. The molecular formula is C21H26N2O3. The number of hydrogen-bond acceptors (Lipinski definition) is 3. The molecule has 0 N–H and O–H groups in total. The number of nitro groups is 1. The number of benzene rings is 1. The van der Waals surface area contributed by atoms with Gasteiger partial charge in [-0.3, -0.25) is 14.9 Å². The van der Waals surface area contributed by atoms with E-state index in [9.17, 15) is 14.9 Å². The van der Waals surface area contributed by atoms with Gasteiger partial charge in [-0.15, -0.1) is 0 Å². The molecule has 26 heavy (non-hydrogen) atoms. The summed E-state index contributed by atoms with van der Waals surface area (Å²) in [5.41, 5.74) is 1.25. The second-order valence-electron chi connectivity index (χ2n) is 9.32. The Morgan fingerprint density at radius 2 is 1.65 bits per heavy atom. The molecule has 4 saturated carbocycles. The molecule has 1 amide bonds. The number of likely N-dealkylation sites (tertiary alicyclic amines) is 1. The summed E-state index contributed by atoms with van der Waals surface area (Å²) >= 11 is 0. The molecule has 0 spiro atoms. The van der Waals surface area contributed by atoms with Gasteiger partial charge in [0.15, 0.2) is 0 Å². The Bertz CT molecular complexity index is 737. The first-order chi connectivity index (χ1) is 12.5. The average molecular weight is 354 g/mol. The molecule has 2 atom stereocenters. The molecule has 5 fully saturated rings. The van der Waals surface area contributed by atoms with Crippen molar-refractivity contribution in [2.45, 2.75) is 56.8 Å². The number of non-ortho nitro benzene ring substituents is 1. The van der Waals surface area contributed by atoms with E-state index in [4.69, 9.17) is 0 Å². The van der Waals surface area contributed by atoms with Gasteiger partial charge < -0.3 is 4.90 Å². The zero-order valence-electron chi connectivity index (χ0n) is 15.2. The van der Waals surface area contributed by atoms with E-state index in [1.54, 1.807) is 12.1 Å². The summed E-state index contributed by atoms with van der Waals surface area (Å²) in [6, 6.07) is 7.20.